The van der Waals surface area contributed by atoms with E-state index in [1.807, 2.05) is 13.8 Å². The first-order valence-corrected chi connectivity index (χ1v) is 6.59. The largest absolute Gasteiger partial charge is 0.507 e. The summed E-state index contributed by atoms with van der Waals surface area (Å²) in [5.74, 6) is 0.259. The van der Waals surface area contributed by atoms with Gasteiger partial charge in [-0.2, -0.15) is 0 Å². The highest BCUT2D eigenvalue weighted by Gasteiger charge is 2.18. The molecule has 0 heterocycles. The Morgan fingerprint density at radius 3 is 2.40 bits per heavy atom. The fraction of sp³-hybridized carbons (Fsp3) is 0.455. The van der Waals surface area contributed by atoms with Crippen molar-refractivity contribution in [2.24, 2.45) is 5.92 Å². The van der Waals surface area contributed by atoms with Crippen LogP contribution >= 0.6 is 0 Å². The SMILES string of the molecule is CC(C)CCS(=O)(=O)c1ccccc1O. The fourth-order valence-electron chi connectivity index (χ4n) is 1.22. The molecule has 0 radical (unpaired) electrons. The molecule has 0 saturated carbocycles. The number of hydrogen-bond acceptors (Lipinski definition) is 3. The van der Waals surface area contributed by atoms with E-state index in [9.17, 15) is 13.5 Å². The summed E-state index contributed by atoms with van der Waals surface area (Å²) in [6.07, 6.45) is 0.608. The van der Waals surface area contributed by atoms with E-state index in [0.717, 1.165) is 0 Å². The maximum absolute atomic E-state index is 11.8. The van der Waals surface area contributed by atoms with Crippen LogP contribution in [0.5, 0.6) is 5.75 Å². The monoisotopic (exact) mass is 228 g/mol. The average Bonchev–Trinajstić information content (AvgIpc) is 2.15. The zero-order valence-electron chi connectivity index (χ0n) is 8.97. The van der Waals surface area contributed by atoms with E-state index in [1.165, 1.54) is 12.1 Å². The van der Waals surface area contributed by atoms with Crippen molar-refractivity contribution in [3.8, 4) is 5.75 Å². The van der Waals surface area contributed by atoms with Gasteiger partial charge in [0, 0.05) is 0 Å². The minimum Gasteiger partial charge on any atom is -0.507 e. The number of benzene rings is 1. The molecule has 0 bridgehead atoms. The van der Waals surface area contributed by atoms with Crippen LogP contribution in [0.4, 0.5) is 0 Å². The first-order valence-electron chi connectivity index (χ1n) is 4.94. The Bertz CT molecular complexity index is 421. The average molecular weight is 228 g/mol. The van der Waals surface area contributed by atoms with Gasteiger partial charge in [-0.1, -0.05) is 26.0 Å². The van der Waals surface area contributed by atoms with Crippen LogP contribution in [0, 0.1) is 5.92 Å². The highest BCUT2D eigenvalue weighted by Crippen LogP contribution is 2.23. The summed E-state index contributed by atoms with van der Waals surface area (Å²) < 4.78 is 23.6. The Hall–Kier alpha value is -1.03. The molecular weight excluding hydrogens is 212 g/mol. The van der Waals surface area contributed by atoms with E-state index in [0.29, 0.717) is 12.3 Å². The maximum Gasteiger partial charge on any atom is 0.182 e. The summed E-state index contributed by atoms with van der Waals surface area (Å²) >= 11 is 0. The lowest BCUT2D eigenvalue weighted by molar-refractivity contribution is 0.458. The van der Waals surface area contributed by atoms with E-state index in [4.69, 9.17) is 0 Å². The predicted octanol–water partition coefficient (Wildman–Crippen LogP) is 2.21. The van der Waals surface area contributed by atoms with E-state index in [1.54, 1.807) is 12.1 Å². The van der Waals surface area contributed by atoms with Gasteiger partial charge in [0.25, 0.3) is 0 Å². The predicted molar refractivity (Wildman–Crippen MR) is 59.6 cm³/mol. The molecule has 0 fully saturated rings. The highest BCUT2D eigenvalue weighted by atomic mass is 32.2. The van der Waals surface area contributed by atoms with Gasteiger partial charge in [0.05, 0.1) is 5.75 Å². The molecule has 0 unspecified atom stereocenters. The second-order valence-electron chi connectivity index (χ2n) is 3.97. The highest BCUT2D eigenvalue weighted by molar-refractivity contribution is 7.91. The number of aromatic hydroxyl groups is 1. The molecule has 0 aromatic heterocycles. The van der Waals surface area contributed by atoms with Gasteiger partial charge in [0.15, 0.2) is 9.84 Å². The van der Waals surface area contributed by atoms with Crippen LogP contribution in [0.2, 0.25) is 0 Å². The molecule has 0 saturated heterocycles. The minimum absolute atomic E-state index is 0.0330. The molecule has 0 amide bonds. The fourth-order valence-corrected chi connectivity index (χ4v) is 2.90. The van der Waals surface area contributed by atoms with Crippen molar-refractivity contribution < 1.29 is 13.5 Å². The Morgan fingerprint density at radius 1 is 1.27 bits per heavy atom. The molecular formula is C11H16O3S. The zero-order valence-corrected chi connectivity index (χ0v) is 9.79. The van der Waals surface area contributed by atoms with Crippen molar-refractivity contribution in [2.45, 2.75) is 25.2 Å². The number of phenolic OH excluding ortho intramolecular Hbond substituents is 1. The van der Waals surface area contributed by atoms with Crippen molar-refractivity contribution in [2.75, 3.05) is 5.75 Å². The van der Waals surface area contributed by atoms with Gasteiger partial charge in [0.2, 0.25) is 0 Å². The maximum atomic E-state index is 11.8. The molecule has 1 rings (SSSR count). The molecule has 0 atom stereocenters. The zero-order chi connectivity index (χ0) is 11.5. The van der Waals surface area contributed by atoms with E-state index in [-0.39, 0.29) is 16.4 Å². The van der Waals surface area contributed by atoms with Crippen LogP contribution in [0.15, 0.2) is 29.2 Å². The van der Waals surface area contributed by atoms with Gasteiger partial charge in [-0.3, -0.25) is 0 Å². The van der Waals surface area contributed by atoms with Gasteiger partial charge in [-0.05, 0) is 24.5 Å². The van der Waals surface area contributed by atoms with Crippen LogP contribution in [-0.4, -0.2) is 19.3 Å². The molecule has 0 aliphatic heterocycles. The normalized spacial score (nSPS) is 11.9. The van der Waals surface area contributed by atoms with Gasteiger partial charge in [-0.25, -0.2) is 8.42 Å². The number of phenols is 1. The number of rotatable bonds is 4. The van der Waals surface area contributed by atoms with Crippen molar-refractivity contribution in [1.82, 2.24) is 0 Å². The minimum atomic E-state index is -3.34. The topological polar surface area (TPSA) is 54.4 Å². The Morgan fingerprint density at radius 2 is 1.87 bits per heavy atom. The van der Waals surface area contributed by atoms with Crippen molar-refractivity contribution in [3.05, 3.63) is 24.3 Å². The molecule has 0 aliphatic rings. The number of para-hydroxylation sites is 1. The third kappa shape index (κ3) is 3.23. The lowest BCUT2D eigenvalue weighted by atomic mass is 10.2. The van der Waals surface area contributed by atoms with Crippen molar-refractivity contribution in [1.29, 1.82) is 0 Å². The molecule has 1 aromatic rings. The van der Waals surface area contributed by atoms with Crippen LogP contribution in [-0.2, 0) is 9.84 Å². The van der Waals surface area contributed by atoms with E-state index in [2.05, 4.69) is 0 Å². The van der Waals surface area contributed by atoms with Gasteiger partial charge >= 0.3 is 0 Å². The Labute approximate surface area is 90.7 Å². The van der Waals surface area contributed by atoms with Crippen molar-refractivity contribution >= 4 is 9.84 Å². The second kappa shape index (κ2) is 4.66. The molecule has 15 heavy (non-hydrogen) atoms. The lowest BCUT2D eigenvalue weighted by Crippen LogP contribution is -2.09. The molecule has 0 aliphatic carbocycles. The summed E-state index contributed by atoms with van der Waals surface area (Å²) in [5.41, 5.74) is 0. The van der Waals surface area contributed by atoms with Crippen LogP contribution in [0.3, 0.4) is 0 Å². The number of sulfone groups is 1. The van der Waals surface area contributed by atoms with Gasteiger partial charge in [0.1, 0.15) is 10.6 Å². The third-order valence-electron chi connectivity index (χ3n) is 2.16. The van der Waals surface area contributed by atoms with Gasteiger partial charge in [-0.15, -0.1) is 0 Å². The Balaban J connectivity index is 2.92. The summed E-state index contributed by atoms with van der Waals surface area (Å²) in [7, 11) is -3.34. The molecule has 3 nitrogen and oxygen atoms in total. The summed E-state index contributed by atoms with van der Waals surface area (Å²) in [4.78, 5) is 0.0330. The first-order chi connectivity index (χ1) is 6.93. The number of hydrogen-bond donors (Lipinski definition) is 1. The smallest absolute Gasteiger partial charge is 0.182 e. The van der Waals surface area contributed by atoms with Gasteiger partial charge < -0.3 is 5.11 Å². The quantitative estimate of drug-likeness (QED) is 0.859. The lowest BCUT2D eigenvalue weighted by Gasteiger charge is -2.07. The Kier molecular flexibility index (Phi) is 3.74. The molecule has 84 valence electrons. The summed E-state index contributed by atoms with van der Waals surface area (Å²) in [5, 5.41) is 9.43. The molecule has 4 heteroatoms. The molecule has 1 aromatic carbocycles. The van der Waals surface area contributed by atoms with Crippen molar-refractivity contribution in [3.63, 3.8) is 0 Å². The second-order valence-corrected chi connectivity index (χ2v) is 6.05. The molecule has 1 N–H and O–H groups in total. The van der Waals surface area contributed by atoms with E-state index < -0.39 is 9.84 Å². The van der Waals surface area contributed by atoms with E-state index >= 15 is 0 Å². The summed E-state index contributed by atoms with van der Waals surface area (Å²) in [6, 6.07) is 6.05. The summed E-state index contributed by atoms with van der Waals surface area (Å²) in [6.45, 7) is 3.95. The van der Waals surface area contributed by atoms with Crippen LogP contribution < -0.4 is 0 Å². The first kappa shape index (κ1) is 12.0. The van der Waals surface area contributed by atoms with Crippen LogP contribution in [0.25, 0.3) is 0 Å². The third-order valence-corrected chi connectivity index (χ3v) is 3.95. The van der Waals surface area contributed by atoms with Crippen LogP contribution in [0.1, 0.15) is 20.3 Å². The standard InChI is InChI=1S/C11H16O3S/c1-9(2)7-8-15(13,14)11-6-4-3-5-10(11)12/h3-6,9,12H,7-8H2,1-2H3. The molecule has 0 spiro atoms.